The molecule has 1 unspecified atom stereocenters. The molecule has 0 spiro atoms. The summed E-state index contributed by atoms with van der Waals surface area (Å²) in [5, 5.41) is 1.44. The Morgan fingerprint density at radius 3 is 3.00 bits per heavy atom. The fourth-order valence-electron chi connectivity index (χ4n) is 2.20. The maximum Gasteiger partial charge on any atom is 0.224 e. The molecule has 4 nitrogen and oxygen atoms in total. The van der Waals surface area contributed by atoms with E-state index in [9.17, 15) is 0 Å². The molecule has 1 aliphatic heterocycles. The second kappa shape index (κ2) is 6.12. The van der Waals surface area contributed by atoms with E-state index in [1.54, 1.807) is 6.07 Å². The Balaban J connectivity index is 1.91. The smallest absolute Gasteiger partial charge is 0.224 e. The predicted molar refractivity (Wildman–Crippen MR) is 78.5 cm³/mol. The van der Waals surface area contributed by atoms with Crippen LogP contribution in [0.5, 0.6) is 5.88 Å². The van der Waals surface area contributed by atoms with Gasteiger partial charge in [0.1, 0.15) is 5.82 Å². The number of halogens is 2. The minimum Gasteiger partial charge on any atom is -0.477 e. The summed E-state index contributed by atoms with van der Waals surface area (Å²) in [6.07, 6.45) is 1.02. The SMILES string of the molecule is ClCc1nc(OCC2CCOC2)c2cc(Cl)ccc2n1. The maximum atomic E-state index is 6.03. The minimum atomic E-state index is 0.251. The summed E-state index contributed by atoms with van der Waals surface area (Å²) in [5.41, 5.74) is 0.790. The third kappa shape index (κ3) is 2.97. The number of nitrogens with zero attached hydrogens (tertiary/aromatic N) is 2. The highest BCUT2D eigenvalue weighted by molar-refractivity contribution is 6.31. The van der Waals surface area contributed by atoms with Crippen molar-refractivity contribution >= 4 is 34.1 Å². The Labute approximate surface area is 127 Å². The topological polar surface area (TPSA) is 44.2 Å². The van der Waals surface area contributed by atoms with Crippen LogP contribution >= 0.6 is 23.2 Å². The third-order valence-electron chi connectivity index (χ3n) is 3.27. The molecule has 2 heterocycles. The van der Waals surface area contributed by atoms with E-state index in [0.29, 0.717) is 29.3 Å². The summed E-state index contributed by atoms with van der Waals surface area (Å²) in [6.45, 7) is 2.13. The summed E-state index contributed by atoms with van der Waals surface area (Å²) in [7, 11) is 0. The molecule has 1 aliphatic rings. The minimum absolute atomic E-state index is 0.251. The van der Waals surface area contributed by atoms with Crippen molar-refractivity contribution in [1.29, 1.82) is 0 Å². The van der Waals surface area contributed by atoms with Gasteiger partial charge in [-0.1, -0.05) is 11.6 Å². The molecular weight excluding hydrogens is 299 g/mol. The molecule has 1 saturated heterocycles. The van der Waals surface area contributed by atoms with Crippen LogP contribution in [-0.2, 0) is 10.6 Å². The molecule has 0 N–H and O–H groups in total. The standard InChI is InChI=1S/C14H14Cl2N2O2/c15-6-13-17-12-2-1-10(16)5-11(12)14(18-13)20-8-9-3-4-19-7-9/h1-2,5,9H,3-4,6-8H2. The van der Waals surface area contributed by atoms with Crippen LogP contribution in [0.15, 0.2) is 18.2 Å². The number of benzene rings is 1. The van der Waals surface area contributed by atoms with Crippen molar-refractivity contribution in [3.8, 4) is 5.88 Å². The first-order chi connectivity index (χ1) is 9.76. The van der Waals surface area contributed by atoms with Gasteiger partial charge in [0.2, 0.25) is 5.88 Å². The lowest BCUT2D eigenvalue weighted by Gasteiger charge is -2.12. The molecule has 20 heavy (non-hydrogen) atoms. The molecular formula is C14H14Cl2N2O2. The molecule has 106 valence electrons. The highest BCUT2D eigenvalue weighted by Gasteiger charge is 2.18. The molecule has 3 rings (SSSR count). The second-order valence-corrected chi connectivity index (χ2v) is 5.48. The lowest BCUT2D eigenvalue weighted by molar-refractivity contribution is 0.166. The van der Waals surface area contributed by atoms with E-state index in [2.05, 4.69) is 9.97 Å². The van der Waals surface area contributed by atoms with Crippen LogP contribution in [0.25, 0.3) is 10.9 Å². The number of alkyl halides is 1. The van der Waals surface area contributed by atoms with Crippen LogP contribution in [0.2, 0.25) is 5.02 Å². The van der Waals surface area contributed by atoms with Gasteiger partial charge in [0.05, 0.1) is 30.0 Å². The van der Waals surface area contributed by atoms with Crippen molar-refractivity contribution in [3.05, 3.63) is 29.0 Å². The van der Waals surface area contributed by atoms with Crippen molar-refractivity contribution < 1.29 is 9.47 Å². The number of hydrogen-bond acceptors (Lipinski definition) is 4. The Morgan fingerprint density at radius 1 is 1.35 bits per heavy atom. The first-order valence-electron chi connectivity index (χ1n) is 6.49. The maximum absolute atomic E-state index is 6.03. The average molecular weight is 313 g/mol. The van der Waals surface area contributed by atoms with E-state index in [1.165, 1.54) is 0 Å². The van der Waals surface area contributed by atoms with Crippen LogP contribution in [0, 0.1) is 5.92 Å². The fourth-order valence-corrected chi connectivity index (χ4v) is 2.49. The fraction of sp³-hybridized carbons (Fsp3) is 0.429. The summed E-state index contributed by atoms with van der Waals surface area (Å²) < 4.78 is 11.2. The number of rotatable bonds is 4. The van der Waals surface area contributed by atoms with Gasteiger partial charge in [-0.2, -0.15) is 4.98 Å². The van der Waals surface area contributed by atoms with Crippen molar-refractivity contribution in [2.24, 2.45) is 5.92 Å². The van der Waals surface area contributed by atoms with Crippen LogP contribution in [0.1, 0.15) is 12.2 Å². The summed E-state index contributed by atoms with van der Waals surface area (Å²) in [6, 6.07) is 5.46. The van der Waals surface area contributed by atoms with Crippen LogP contribution in [-0.4, -0.2) is 29.8 Å². The second-order valence-electron chi connectivity index (χ2n) is 4.78. The zero-order valence-electron chi connectivity index (χ0n) is 10.8. The lowest BCUT2D eigenvalue weighted by atomic mass is 10.1. The van der Waals surface area contributed by atoms with Gasteiger partial charge in [0, 0.05) is 17.5 Å². The average Bonchev–Trinajstić information content (AvgIpc) is 2.98. The van der Waals surface area contributed by atoms with Gasteiger partial charge in [-0.25, -0.2) is 4.98 Å². The van der Waals surface area contributed by atoms with Gasteiger partial charge in [-0.15, -0.1) is 11.6 Å². The highest BCUT2D eigenvalue weighted by Crippen LogP contribution is 2.27. The first-order valence-corrected chi connectivity index (χ1v) is 7.40. The molecule has 0 saturated carbocycles. The summed E-state index contributed by atoms with van der Waals surface area (Å²) in [4.78, 5) is 8.73. The van der Waals surface area contributed by atoms with E-state index in [0.717, 1.165) is 30.5 Å². The first kappa shape index (κ1) is 13.9. The van der Waals surface area contributed by atoms with E-state index in [1.807, 2.05) is 12.1 Å². The quantitative estimate of drug-likeness (QED) is 0.811. The van der Waals surface area contributed by atoms with E-state index in [-0.39, 0.29) is 5.88 Å². The molecule has 0 radical (unpaired) electrons. The number of hydrogen-bond donors (Lipinski definition) is 0. The Kier molecular flexibility index (Phi) is 4.24. The van der Waals surface area contributed by atoms with Crippen molar-refractivity contribution in [1.82, 2.24) is 9.97 Å². The van der Waals surface area contributed by atoms with Gasteiger partial charge in [-0.05, 0) is 24.6 Å². The largest absolute Gasteiger partial charge is 0.477 e. The zero-order chi connectivity index (χ0) is 13.9. The van der Waals surface area contributed by atoms with E-state index >= 15 is 0 Å². The van der Waals surface area contributed by atoms with Crippen molar-refractivity contribution in [2.45, 2.75) is 12.3 Å². The molecule has 1 aromatic heterocycles. The normalized spacial score (nSPS) is 18.6. The molecule has 1 aromatic carbocycles. The molecule has 0 amide bonds. The highest BCUT2D eigenvalue weighted by atomic mass is 35.5. The zero-order valence-corrected chi connectivity index (χ0v) is 12.3. The monoisotopic (exact) mass is 312 g/mol. The van der Waals surface area contributed by atoms with Gasteiger partial charge in [-0.3, -0.25) is 0 Å². The molecule has 0 aliphatic carbocycles. The van der Waals surface area contributed by atoms with Crippen LogP contribution in [0.4, 0.5) is 0 Å². The number of aromatic nitrogens is 2. The van der Waals surface area contributed by atoms with E-state index in [4.69, 9.17) is 32.7 Å². The van der Waals surface area contributed by atoms with Gasteiger partial charge in [0.15, 0.2) is 0 Å². The number of fused-ring (bicyclic) bond motifs is 1. The molecule has 6 heteroatoms. The Hall–Kier alpha value is -1.10. The van der Waals surface area contributed by atoms with Gasteiger partial charge in [0.25, 0.3) is 0 Å². The van der Waals surface area contributed by atoms with E-state index < -0.39 is 0 Å². The van der Waals surface area contributed by atoms with Gasteiger partial charge >= 0.3 is 0 Å². The third-order valence-corrected chi connectivity index (χ3v) is 3.74. The molecule has 0 bridgehead atoms. The molecule has 1 atom stereocenters. The van der Waals surface area contributed by atoms with Gasteiger partial charge < -0.3 is 9.47 Å². The Morgan fingerprint density at radius 2 is 2.25 bits per heavy atom. The molecule has 1 fully saturated rings. The van der Waals surface area contributed by atoms with Crippen LogP contribution in [0.3, 0.4) is 0 Å². The Bertz CT molecular complexity index is 615. The summed E-state index contributed by atoms with van der Waals surface area (Å²) >= 11 is 11.9. The van der Waals surface area contributed by atoms with Crippen molar-refractivity contribution in [2.75, 3.05) is 19.8 Å². The predicted octanol–water partition coefficient (Wildman–Crippen LogP) is 3.44. The lowest BCUT2D eigenvalue weighted by Crippen LogP contribution is -2.13. The number of ether oxygens (including phenoxy) is 2. The van der Waals surface area contributed by atoms with Crippen LogP contribution < -0.4 is 4.74 Å². The molecule has 2 aromatic rings. The summed E-state index contributed by atoms with van der Waals surface area (Å²) in [5.74, 6) is 1.76. The van der Waals surface area contributed by atoms with Crippen molar-refractivity contribution in [3.63, 3.8) is 0 Å².